The van der Waals surface area contributed by atoms with Crippen molar-refractivity contribution in [1.29, 1.82) is 0 Å². The number of phosphoric ester groups is 1. The topological polar surface area (TPSA) is 172 Å². The predicted molar refractivity (Wildman–Crippen MR) is 198 cm³/mol. The van der Waals surface area contributed by atoms with Crippen molar-refractivity contribution < 1.29 is 47.5 Å². The number of esters is 2. The second-order valence-corrected chi connectivity index (χ2v) is 13.8. The fourth-order valence-electron chi connectivity index (χ4n) is 4.58. The number of hydrogen-bond acceptors (Lipinski definition) is 9. The molecule has 0 aromatic heterocycles. The highest BCUT2D eigenvalue weighted by atomic mass is 31.2. The quantitative estimate of drug-likeness (QED) is 0.0250. The fraction of sp³-hybridized carbons (Fsp3) is 0.711. The van der Waals surface area contributed by atoms with Crippen LogP contribution in [0.15, 0.2) is 48.6 Å². The molecule has 0 aromatic carbocycles. The van der Waals surface area contributed by atoms with Crippen molar-refractivity contribution in [3.05, 3.63) is 48.6 Å². The normalized spacial score (nSPS) is 14.5. The summed E-state index contributed by atoms with van der Waals surface area (Å²) < 4.78 is 32.4. The number of carboxylic acid groups (broad SMARTS) is 1. The highest BCUT2D eigenvalue weighted by Crippen LogP contribution is 2.43. The van der Waals surface area contributed by atoms with Crippen LogP contribution in [0.4, 0.5) is 0 Å². The van der Waals surface area contributed by atoms with Gasteiger partial charge in [0.15, 0.2) is 6.10 Å². The fourth-order valence-corrected chi connectivity index (χ4v) is 5.36. The number of carbonyl (C=O) groups is 3. The van der Waals surface area contributed by atoms with E-state index in [-0.39, 0.29) is 12.8 Å². The summed E-state index contributed by atoms with van der Waals surface area (Å²) in [5.41, 5.74) is 5.30. The van der Waals surface area contributed by atoms with Crippen molar-refractivity contribution in [3.8, 4) is 0 Å². The molecule has 2 unspecified atom stereocenters. The first-order chi connectivity index (χ1) is 24.1. The zero-order valence-electron chi connectivity index (χ0n) is 30.7. The lowest BCUT2D eigenvalue weighted by Crippen LogP contribution is -2.34. The highest BCUT2D eigenvalue weighted by Gasteiger charge is 2.28. The summed E-state index contributed by atoms with van der Waals surface area (Å²) in [4.78, 5) is 45.6. The summed E-state index contributed by atoms with van der Waals surface area (Å²) in [6, 6.07) is -1.53. The number of ether oxygens (including phenoxy) is 2. The van der Waals surface area contributed by atoms with E-state index in [4.69, 9.17) is 24.8 Å². The van der Waals surface area contributed by atoms with Gasteiger partial charge in [0, 0.05) is 12.8 Å². The molecule has 0 aliphatic carbocycles. The number of phosphoric acid groups is 1. The van der Waals surface area contributed by atoms with Crippen molar-refractivity contribution in [1.82, 2.24) is 0 Å². The number of unbranched alkanes of at least 4 members (excludes halogenated alkanes) is 12. The molecule has 4 N–H and O–H groups in total. The first kappa shape index (κ1) is 47.4. The Bertz CT molecular complexity index is 1040. The number of hydrogen-bond donors (Lipinski definition) is 3. The minimum Gasteiger partial charge on any atom is -0.480 e. The molecule has 0 spiro atoms. The van der Waals surface area contributed by atoms with Gasteiger partial charge in [-0.2, -0.15) is 0 Å². The summed E-state index contributed by atoms with van der Waals surface area (Å²) in [7, 11) is -4.73. The number of carboxylic acids is 1. The summed E-state index contributed by atoms with van der Waals surface area (Å²) >= 11 is 0. The van der Waals surface area contributed by atoms with Gasteiger partial charge >= 0.3 is 25.7 Å². The van der Waals surface area contributed by atoms with Crippen LogP contribution in [0.25, 0.3) is 0 Å². The number of nitrogens with two attached hydrogens (primary N) is 1. The van der Waals surface area contributed by atoms with Crippen molar-refractivity contribution >= 4 is 25.7 Å². The SMILES string of the molecule is CCCCCCCC/C=C/C/C=C/CCC(=O)OCC(COP(=O)(O)OC[C@H](N)C(=O)O)OC(=O)CC/C=C/C/C=C/CCCCCCCC. The van der Waals surface area contributed by atoms with Gasteiger partial charge in [-0.1, -0.05) is 127 Å². The van der Waals surface area contributed by atoms with E-state index in [0.29, 0.717) is 12.8 Å². The van der Waals surface area contributed by atoms with Crippen molar-refractivity contribution in [2.75, 3.05) is 19.8 Å². The second-order valence-electron chi connectivity index (χ2n) is 12.3. The molecule has 0 aromatic rings. The van der Waals surface area contributed by atoms with Crippen molar-refractivity contribution in [3.63, 3.8) is 0 Å². The van der Waals surface area contributed by atoms with E-state index in [9.17, 15) is 23.8 Å². The van der Waals surface area contributed by atoms with Crippen LogP contribution in [0.1, 0.15) is 142 Å². The molecular formula is C38H66NO10P. The zero-order chi connectivity index (χ0) is 37.1. The molecule has 12 heteroatoms. The van der Waals surface area contributed by atoms with E-state index in [1.165, 1.54) is 77.0 Å². The number of carbonyl (C=O) groups excluding carboxylic acids is 2. The van der Waals surface area contributed by atoms with Crippen LogP contribution in [-0.4, -0.2) is 59.9 Å². The van der Waals surface area contributed by atoms with Gasteiger partial charge < -0.3 is 25.2 Å². The lowest BCUT2D eigenvalue weighted by molar-refractivity contribution is -0.161. The van der Waals surface area contributed by atoms with Gasteiger partial charge in [0.25, 0.3) is 0 Å². The van der Waals surface area contributed by atoms with Crippen LogP contribution < -0.4 is 5.73 Å². The third-order valence-corrected chi connectivity index (χ3v) is 8.53. The van der Waals surface area contributed by atoms with Crippen molar-refractivity contribution in [2.24, 2.45) is 5.73 Å². The molecule has 3 atom stereocenters. The van der Waals surface area contributed by atoms with E-state index in [1.807, 2.05) is 24.3 Å². The number of rotatable bonds is 34. The zero-order valence-corrected chi connectivity index (χ0v) is 31.6. The molecule has 0 aliphatic heterocycles. The average molecular weight is 728 g/mol. The minimum atomic E-state index is -4.73. The van der Waals surface area contributed by atoms with Crippen LogP contribution in [0, 0.1) is 0 Å². The minimum absolute atomic E-state index is 0.0430. The molecule has 288 valence electrons. The lowest BCUT2D eigenvalue weighted by atomic mass is 10.1. The lowest BCUT2D eigenvalue weighted by Gasteiger charge is -2.20. The molecular weight excluding hydrogens is 661 g/mol. The van der Waals surface area contributed by atoms with E-state index in [0.717, 1.165) is 25.7 Å². The Kier molecular flexibility index (Phi) is 31.9. The van der Waals surface area contributed by atoms with Gasteiger partial charge in [0.2, 0.25) is 0 Å². The van der Waals surface area contributed by atoms with Crippen LogP contribution in [0.2, 0.25) is 0 Å². The Hall–Kier alpha value is -2.56. The molecule has 0 rings (SSSR count). The summed E-state index contributed by atoms with van der Waals surface area (Å²) in [5.74, 6) is -2.55. The second kappa shape index (κ2) is 33.6. The van der Waals surface area contributed by atoms with E-state index in [2.05, 4.69) is 42.7 Å². The first-order valence-corrected chi connectivity index (χ1v) is 20.2. The Morgan fingerprint density at radius 3 is 1.56 bits per heavy atom. The molecule has 0 saturated heterocycles. The molecule has 0 heterocycles. The summed E-state index contributed by atoms with van der Waals surface area (Å²) in [5, 5.41) is 8.84. The standard InChI is InChI=1S/C38H66NO10P/c1-3-5-7-9-11-13-15-17-19-21-23-25-27-29-36(40)46-31-34(32-47-50(44,45)48-33-35(39)38(42)43)49-37(41)30-28-26-24-22-20-18-16-14-12-10-8-6-4-2/h17-20,23-26,34-35H,3-16,21-22,27-33,39H2,1-2H3,(H,42,43)(H,44,45)/b19-17+,20-18+,25-23+,26-24+/t34?,35-/m0/s1. The van der Waals surface area contributed by atoms with Gasteiger partial charge in [0.05, 0.1) is 13.2 Å². The smallest absolute Gasteiger partial charge is 0.472 e. The molecule has 50 heavy (non-hydrogen) atoms. The monoisotopic (exact) mass is 727 g/mol. The predicted octanol–water partition coefficient (Wildman–Crippen LogP) is 9.05. The maximum Gasteiger partial charge on any atom is 0.472 e. The van der Waals surface area contributed by atoms with E-state index in [1.54, 1.807) is 0 Å². The molecule has 0 saturated carbocycles. The maximum absolute atomic E-state index is 12.5. The third kappa shape index (κ3) is 32.6. The Labute approximate surface area is 301 Å². The Balaban J connectivity index is 4.63. The van der Waals surface area contributed by atoms with E-state index >= 15 is 0 Å². The molecule has 0 bridgehead atoms. The van der Waals surface area contributed by atoms with Gasteiger partial charge in [-0.3, -0.25) is 23.4 Å². The largest absolute Gasteiger partial charge is 0.480 e. The Morgan fingerprint density at radius 1 is 0.620 bits per heavy atom. The highest BCUT2D eigenvalue weighted by molar-refractivity contribution is 7.47. The van der Waals surface area contributed by atoms with Gasteiger partial charge in [-0.05, 0) is 51.4 Å². The van der Waals surface area contributed by atoms with Gasteiger partial charge in [-0.25, -0.2) is 4.57 Å². The molecule has 11 nitrogen and oxygen atoms in total. The molecule has 0 aliphatic rings. The molecule has 0 fully saturated rings. The van der Waals surface area contributed by atoms with Crippen LogP contribution in [0.5, 0.6) is 0 Å². The summed E-state index contributed by atoms with van der Waals surface area (Å²) in [6.07, 6.45) is 35.1. The third-order valence-electron chi connectivity index (χ3n) is 7.58. The average Bonchev–Trinajstić information content (AvgIpc) is 3.09. The Morgan fingerprint density at radius 2 is 1.06 bits per heavy atom. The molecule has 0 amide bonds. The number of aliphatic carboxylic acids is 1. The maximum atomic E-state index is 12.5. The van der Waals surface area contributed by atoms with Gasteiger partial charge in [0.1, 0.15) is 12.6 Å². The number of allylic oxidation sites excluding steroid dienone is 8. The summed E-state index contributed by atoms with van der Waals surface area (Å²) in [6.45, 7) is 2.63. The van der Waals surface area contributed by atoms with Crippen LogP contribution >= 0.6 is 7.82 Å². The van der Waals surface area contributed by atoms with E-state index < -0.39 is 57.7 Å². The van der Waals surface area contributed by atoms with Crippen LogP contribution in [-0.2, 0) is 37.5 Å². The van der Waals surface area contributed by atoms with Crippen LogP contribution in [0.3, 0.4) is 0 Å². The first-order valence-electron chi connectivity index (χ1n) is 18.7. The van der Waals surface area contributed by atoms with Gasteiger partial charge in [-0.15, -0.1) is 0 Å². The molecule has 0 radical (unpaired) electrons. The van der Waals surface area contributed by atoms with Crippen molar-refractivity contribution in [2.45, 2.75) is 154 Å².